The van der Waals surface area contributed by atoms with Crippen molar-refractivity contribution in [2.24, 2.45) is 0 Å². The van der Waals surface area contributed by atoms with Crippen molar-refractivity contribution in [3.05, 3.63) is 152 Å². The summed E-state index contributed by atoms with van der Waals surface area (Å²) in [5, 5.41) is 1.22. The van der Waals surface area contributed by atoms with Crippen LogP contribution in [-0.2, 0) is 0 Å². The van der Waals surface area contributed by atoms with E-state index in [0.29, 0.717) is 5.82 Å². The molecule has 7 aromatic rings. The van der Waals surface area contributed by atoms with Gasteiger partial charge in [0.2, 0.25) is 0 Å². The van der Waals surface area contributed by atoms with Gasteiger partial charge < -0.3 is 4.57 Å². The lowest BCUT2D eigenvalue weighted by molar-refractivity contribution is 1.12. The first-order valence-corrected chi connectivity index (χ1v) is 13.1. The van der Waals surface area contributed by atoms with Gasteiger partial charge >= 0.3 is 0 Å². The fraction of sp³-hybridized carbons (Fsp3) is 0. The maximum Gasteiger partial charge on any atom is 0.160 e. The van der Waals surface area contributed by atoms with E-state index in [0.717, 1.165) is 39.3 Å². The SMILES string of the molecule is c1ccc(-c2cc(-c3ccccc3)nc(-c3cccc(-n4cc(-c5ccccc5)c5ccccc54)c3)n2)cc1. The molecule has 2 heterocycles. The third-order valence-corrected chi connectivity index (χ3v) is 7.04. The summed E-state index contributed by atoms with van der Waals surface area (Å²) in [5.74, 6) is 0.705. The normalized spacial score (nSPS) is 11.1. The average Bonchev–Trinajstić information content (AvgIpc) is 3.42. The van der Waals surface area contributed by atoms with Crippen molar-refractivity contribution in [3.63, 3.8) is 0 Å². The van der Waals surface area contributed by atoms with Crippen molar-refractivity contribution in [3.8, 4) is 50.7 Å². The van der Waals surface area contributed by atoms with Crippen LogP contribution >= 0.6 is 0 Å². The number of fused-ring (bicyclic) bond motifs is 1. The second-order valence-electron chi connectivity index (χ2n) is 9.54. The van der Waals surface area contributed by atoms with Crippen molar-refractivity contribution < 1.29 is 0 Å². The molecule has 2 aromatic heterocycles. The second-order valence-corrected chi connectivity index (χ2v) is 9.54. The first-order valence-electron chi connectivity index (χ1n) is 13.1. The van der Waals surface area contributed by atoms with Crippen LogP contribution in [-0.4, -0.2) is 14.5 Å². The van der Waals surface area contributed by atoms with E-state index in [-0.39, 0.29) is 0 Å². The van der Waals surface area contributed by atoms with Gasteiger partial charge in [0.05, 0.1) is 16.9 Å². The van der Waals surface area contributed by atoms with Gasteiger partial charge in [0, 0.05) is 39.5 Å². The zero-order valence-electron chi connectivity index (χ0n) is 21.3. The lowest BCUT2D eigenvalue weighted by Gasteiger charge is -2.11. The smallest absolute Gasteiger partial charge is 0.160 e. The first-order chi connectivity index (χ1) is 19.3. The third kappa shape index (κ3) is 4.41. The molecule has 184 valence electrons. The lowest BCUT2D eigenvalue weighted by atomic mass is 10.1. The van der Waals surface area contributed by atoms with Crippen molar-refractivity contribution in [2.75, 3.05) is 0 Å². The van der Waals surface area contributed by atoms with Crippen LogP contribution in [0.3, 0.4) is 0 Å². The van der Waals surface area contributed by atoms with Crippen molar-refractivity contribution in [1.82, 2.24) is 14.5 Å². The summed E-state index contributed by atoms with van der Waals surface area (Å²) in [6.45, 7) is 0. The summed E-state index contributed by atoms with van der Waals surface area (Å²) >= 11 is 0. The molecule has 39 heavy (non-hydrogen) atoms. The minimum absolute atomic E-state index is 0.705. The molecule has 0 saturated heterocycles. The minimum Gasteiger partial charge on any atom is -0.316 e. The predicted octanol–water partition coefficient (Wildman–Crippen LogP) is 9.09. The molecule has 0 atom stereocenters. The van der Waals surface area contributed by atoms with Gasteiger partial charge in [0.1, 0.15) is 0 Å². The number of nitrogens with zero attached hydrogens (tertiary/aromatic N) is 3. The van der Waals surface area contributed by atoms with Crippen LogP contribution in [0.1, 0.15) is 0 Å². The highest BCUT2D eigenvalue weighted by Gasteiger charge is 2.14. The number of hydrogen-bond donors (Lipinski definition) is 0. The Hall–Kier alpha value is -5.28. The van der Waals surface area contributed by atoms with Crippen molar-refractivity contribution in [1.29, 1.82) is 0 Å². The summed E-state index contributed by atoms with van der Waals surface area (Å²) in [4.78, 5) is 10.1. The summed E-state index contributed by atoms with van der Waals surface area (Å²) in [5.41, 5.74) is 9.57. The highest BCUT2D eigenvalue weighted by Crippen LogP contribution is 2.34. The molecule has 7 rings (SSSR count). The average molecular weight is 500 g/mol. The minimum atomic E-state index is 0.705. The summed E-state index contributed by atoms with van der Waals surface area (Å²) in [6.07, 6.45) is 2.23. The Bertz CT molecular complexity index is 1830. The molecule has 0 amide bonds. The quantitative estimate of drug-likeness (QED) is 0.236. The van der Waals surface area contributed by atoms with Crippen LogP contribution in [0, 0.1) is 0 Å². The van der Waals surface area contributed by atoms with Crippen LogP contribution in [0.25, 0.3) is 61.6 Å². The molecular weight excluding hydrogens is 474 g/mol. The zero-order valence-corrected chi connectivity index (χ0v) is 21.3. The molecule has 0 bridgehead atoms. The van der Waals surface area contributed by atoms with Crippen LogP contribution in [0.4, 0.5) is 0 Å². The molecule has 0 saturated carbocycles. The summed E-state index contributed by atoms with van der Waals surface area (Å²) in [7, 11) is 0. The molecule has 0 aliphatic heterocycles. The van der Waals surface area contributed by atoms with Crippen LogP contribution in [0.5, 0.6) is 0 Å². The fourth-order valence-electron chi connectivity index (χ4n) is 5.13. The van der Waals surface area contributed by atoms with E-state index < -0.39 is 0 Å². The van der Waals surface area contributed by atoms with E-state index in [1.54, 1.807) is 0 Å². The number of aromatic nitrogens is 3. The van der Waals surface area contributed by atoms with E-state index in [1.807, 2.05) is 36.4 Å². The van der Waals surface area contributed by atoms with Gasteiger partial charge in [0.15, 0.2) is 5.82 Å². The van der Waals surface area contributed by atoms with Gasteiger partial charge in [-0.15, -0.1) is 0 Å². The molecule has 0 aliphatic rings. The Labute approximate surface area is 227 Å². The fourth-order valence-corrected chi connectivity index (χ4v) is 5.13. The van der Waals surface area contributed by atoms with E-state index >= 15 is 0 Å². The molecule has 0 fully saturated rings. The second kappa shape index (κ2) is 9.88. The highest BCUT2D eigenvalue weighted by atomic mass is 15.0. The Morgan fingerprint density at radius 3 is 1.62 bits per heavy atom. The van der Waals surface area contributed by atoms with Gasteiger partial charge in [-0.05, 0) is 29.8 Å². The zero-order chi connectivity index (χ0) is 26.0. The van der Waals surface area contributed by atoms with Crippen LogP contribution in [0.15, 0.2) is 152 Å². The Balaban J connectivity index is 1.39. The maximum absolute atomic E-state index is 5.03. The van der Waals surface area contributed by atoms with Gasteiger partial charge in [-0.3, -0.25) is 0 Å². The molecule has 0 radical (unpaired) electrons. The number of para-hydroxylation sites is 1. The molecule has 0 aliphatic carbocycles. The van der Waals surface area contributed by atoms with E-state index in [2.05, 4.69) is 120 Å². The Kier molecular flexibility index (Phi) is 5.80. The van der Waals surface area contributed by atoms with E-state index in [9.17, 15) is 0 Å². The summed E-state index contributed by atoms with van der Waals surface area (Å²) in [6, 6.07) is 50.3. The monoisotopic (exact) mass is 499 g/mol. The Morgan fingerprint density at radius 1 is 0.436 bits per heavy atom. The van der Waals surface area contributed by atoms with E-state index in [1.165, 1.54) is 16.5 Å². The van der Waals surface area contributed by atoms with Gasteiger partial charge in [-0.1, -0.05) is 121 Å². The first kappa shape index (κ1) is 22.9. The molecule has 3 heteroatoms. The molecule has 0 N–H and O–H groups in total. The standard InChI is InChI=1S/C36H25N3/c1-4-13-26(14-5-1)32-25-39(35-22-11-10-21-31(32)35)30-20-12-19-29(23-30)36-37-33(27-15-6-2-7-16-27)24-34(38-36)28-17-8-3-9-18-28/h1-25H. The van der Waals surface area contributed by atoms with Gasteiger partial charge in [-0.25, -0.2) is 9.97 Å². The number of rotatable bonds is 5. The maximum atomic E-state index is 5.03. The van der Waals surface area contributed by atoms with Crippen molar-refractivity contribution >= 4 is 10.9 Å². The van der Waals surface area contributed by atoms with Gasteiger partial charge in [0.25, 0.3) is 0 Å². The third-order valence-electron chi connectivity index (χ3n) is 7.04. The largest absolute Gasteiger partial charge is 0.316 e. The summed E-state index contributed by atoms with van der Waals surface area (Å²) < 4.78 is 2.26. The van der Waals surface area contributed by atoms with Crippen LogP contribution in [0.2, 0.25) is 0 Å². The highest BCUT2D eigenvalue weighted by molar-refractivity contribution is 5.97. The molecule has 3 nitrogen and oxygen atoms in total. The van der Waals surface area contributed by atoms with Gasteiger partial charge in [-0.2, -0.15) is 0 Å². The Morgan fingerprint density at radius 2 is 0.974 bits per heavy atom. The van der Waals surface area contributed by atoms with Crippen molar-refractivity contribution in [2.45, 2.75) is 0 Å². The predicted molar refractivity (Wildman–Crippen MR) is 161 cm³/mol. The van der Waals surface area contributed by atoms with E-state index in [4.69, 9.17) is 9.97 Å². The molecule has 5 aromatic carbocycles. The molecule has 0 spiro atoms. The molecular formula is C36H25N3. The number of hydrogen-bond acceptors (Lipinski definition) is 2. The topological polar surface area (TPSA) is 30.7 Å². The van der Waals surface area contributed by atoms with Crippen LogP contribution < -0.4 is 0 Å². The molecule has 0 unspecified atom stereocenters. The lowest BCUT2D eigenvalue weighted by Crippen LogP contribution is -1.97. The number of benzene rings is 5.